The average Bonchev–Trinajstić information content (AvgIpc) is 1.69. The van der Waals surface area contributed by atoms with Crippen LogP contribution in [-0.2, 0) is 0 Å². The van der Waals surface area contributed by atoms with Gasteiger partial charge in [0.1, 0.15) is 0 Å². The maximum absolute atomic E-state index is 2.42. The molecule has 0 bridgehead atoms. The van der Waals surface area contributed by atoms with Crippen molar-refractivity contribution >= 4 is 24.7 Å². The van der Waals surface area contributed by atoms with Crippen LogP contribution in [0, 0.1) is 0 Å². The van der Waals surface area contributed by atoms with Gasteiger partial charge in [-0.25, -0.2) is 0 Å². The van der Waals surface area contributed by atoms with Gasteiger partial charge in [-0.1, -0.05) is 0 Å². The Balaban J connectivity index is 2.69. The van der Waals surface area contributed by atoms with E-state index >= 15 is 0 Å². The molecule has 0 N–H and O–H groups in total. The van der Waals surface area contributed by atoms with Gasteiger partial charge in [0.2, 0.25) is 0 Å². The molecule has 0 saturated heterocycles. The van der Waals surface area contributed by atoms with E-state index in [1.165, 1.54) is 12.8 Å². The van der Waals surface area contributed by atoms with Gasteiger partial charge in [0.25, 0.3) is 0 Å². The van der Waals surface area contributed by atoms with Crippen molar-refractivity contribution in [3.63, 3.8) is 0 Å². The summed E-state index contributed by atoms with van der Waals surface area (Å²) in [6.45, 7) is 4.47. The van der Waals surface area contributed by atoms with Gasteiger partial charge >= 0.3 is 55.8 Å². The van der Waals surface area contributed by atoms with E-state index in [2.05, 4.69) is 17.9 Å². The van der Waals surface area contributed by atoms with Crippen LogP contribution in [0.25, 0.3) is 0 Å². The first-order valence-corrected chi connectivity index (χ1v) is 7.26. The van der Waals surface area contributed by atoms with Crippen molar-refractivity contribution in [1.29, 1.82) is 0 Å². The van der Waals surface area contributed by atoms with Crippen LogP contribution in [0.4, 0.5) is 0 Å². The van der Waals surface area contributed by atoms with E-state index in [0.29, 0.717) is 0 Å². The van der Waals surface area contributed by atoms with Crippen molar-refractivity contribution in [3.8, 4) is 0 Å². The van der Waals surface area contributed by atoms with E-state index in [4.69, 9.17) is 0 Å². The van der Waals surface area contributed by atoms with Crippen molar-refractivity contribution in [2.45, 2.75) is 31.1 Å². The van der Waals surface area contributed by atoms with E-state index in [9.17, 15) is 0 Å². The van der Waals surface area contributed by atoms with Gasteiger partial charge in [-0.05, 0) is 0 Å². The molecule has 0 atom stereocenters. The average molecular weight is 205 g/mol. The summed E-state index contributed by atoms with van der Waals surface area (Å²) < 4.78 is 3.99. The molecule has 0 radical (unpaired) electrons. The Kier molecular flexibility index (Phi) is 7.31. The number of hydrogen-bond acceptors (Lipinski definition) is 0. The molecular formula is C6H14Sn. The van der Waals surface area contributed by atoms with Crippen molar-refractivity contribution < 1.29 is 0 Å². The Morgan fingerprint density at radius 3 is 2.71 bits per heavy atom. The maximum atomic E-state index is 2.42. The summed E-state index contributed by atoms with van der Waals surface area (Å²) in [5.74, 6) is 0. The Labute approximate surface area is 56.0 Å². The quantitative estimate of drug-likeness (QED) is 0.483. The second-order valence-corrected chi connectivity index (χ2v) is 6.61. The molecule has 0 aromatic heterocycles. The van der Waals surface area contributed by atoms with Crippen molar-refractivity contribution in [2.24, 2.45) is 0 Å². The minimum atomic E-state index is -0.0873. The second-order valence-electron chi connectivity index (χ2n) is 1.71. The molecule has 0 heterocycles. The van der Waals surface area contributed by atoms with Gasteiger partial charge in [-0.15, -0.1) is 0 Å². The SMILES string of the molecule is C[CH]=[SnH][CH2]CCC. The molecule has 0 aliphatic carbocycles. The van der Waals surface area contributed by atoms with Crippen LogP contribution in [0.15, 0.2) is 0 Å². The van der Waals surface area contributed by atoms with Gasteiger partial charge in [-0.2, -0.15) is 0 Å². The van der Waals surface area contributed by atoms with Gasteiger partial charge in [0.15, 0.2) is 0 Å². The molecule has 0 nitrogen and oxygen atoms in total. The van der Waals surface area contributed by atoms with Crippen LogP contribution in [-0.4, -0.2) is 24.7 Å². The zero-order valence-electron chi connectivity index (χ0n) is 5.28. The predicted octanol–water partition coefficient (Wildman–Crippen LogP) is 1.46. The molecule has 42 valence electrons. The fraction of sp³-hybridized carbons (Fsp3) is 0.833. The Morgan fingerprint density at radius 1 is 1.57 bits per heavy atom. The molecule has 0 aromatic rings. The van der Waals surface area contributed by atoms with Gasteiger partial charge in [0, 0.05) is 0 Å². The Bertz CT molecular complexity index is 48.1. The van der Waals surface area contributed by atoms with Crippen molar-refractivity contribution in [3.05, 3.63) is 0 Å². The Hall–Kier alpha value is 0.669. The normalized spacial score (nSPS) is 10.6. The second kappa shape index (κ2) is 6.67. The van der Waals surface area contributed by atoms with E-state index in [1.54, 1.807) is 4.44 Å². The molecule has 0 fully saturated rings. The van der Waals surface area contributed by atoms with Gasteiger partial charge < -0.3 is 0 Å². The molecule has 0 amide bonds. The van der Waals surface area contributed by atoms with Crippen LogP contribution in [0.1, 0.15) is 26.7 Å². The summed E-state index contributed by atoms with van der Waals surface area (Å²) in [5.41, 5.74) is 0. The molecule has 0 unspecified atom stereocenters. The molecule has 0 aliphatic rings. The van der Waals surface area contributed by atoms with Crippen LogP contribution in [0.3, 0.4) is 0 Å². The van der Waals surface area contributed by atoms with Crippen LogP contribution < -0.4 is 0 Å². The van der Waals surface area contributed by atoms with Crippen LogP contribution in [0.5, 0.6) is 0 Å². The first-order chi connectivity index (χ1) is 3.41. The summed E-state index contributed by atoms with van der Waals surface area (Å²) in [6.07, 6.45) is 2.87. The molecule has 1 heteroatoms. The summed E-state index contributed by atoms with van der Waals surface area (Å²) >= 11 is -0.0873. The topological polar surface area (TPSA) is 0 Å². The third kappa shape index (κ3) is 6.67. The van der Waals surface area contributed by atoms with Crippen molar-refractivity contribution in [2.75, 3.05) is 0 Å². The van der Waals surface area contributed by atoms with E-state index in [0.717, 1.165) is 0 Å². The zero-order chi connectivity index (χ0) is 5.54. The van der Waals surface area contributed by atoms with E-state index in [-0.39, 0.29) is 20.7 Å². The first kappa shape index (κ1) is 7.67. The summed E-state index contributed by atoms with van der Waals surface area (Å²) in [5, 5.41) is 0. The molecule has 7 heavy (non-hydrogen) atoms. The zero-order valence-corrected chi connectivity index (χ0v) is 8.57. The third-order valence-electron chi connectivity index (χ3n) is 0.960. The molecule has 0 aromatic carbocycles. The molecule has 0 spiro atoms. The van der Waals surface area contributed by atoms with Crippen molar-refractivity contribution in [1.82, 2.24) is 0 Å². The molecular weight excluding hydrogens is 191 g/mol. The standard InChI is InChI=1S/C4H9.C2H4.Sn.H/c1-3-4-2;1-2;;/h1,3-4H2,2H3;1H,2H3;;. The Morgan fingerprint density at radius 2 is 2.29 bits per heavy atom. The molecule has 0 rings (SSSR count). The van der Waals surface area contributed by atoms with Crippen LogP contribution in [0.2, 0.25) is 4.44 Å². The molecule has 0 saturated carbocycles. The van der Waals surface area contributed by atoms with Crippen LogP contribution >= 0.6 is 0 Å². The summed E-state index contributed by atoms with van der Waals surface area (Å²) in [6, 6.07) is 0. The third-order valence-corrected chi connectivity index (χ3v) is 4.42. The number of unbranched alkanes of at least 4 members (excludes halogenated alkanes) is 1. The fourth-order valence-corrected chi connectivity index (χ4v) is 3.28. The van der Waals surface area contributed by atoms with E-state index in [1.807, 2.05) is 0 Å². The summed E-state index contributed by atoms with van der Waals surface area (Å²) in [4.78, 5) is 0. The fourth-order valence-electron chi connectivity index (χ4n) is 0.489. The monoisotopic (exact) mass is 206 g/mol. The number of rotatable bonds is 3. The molecule has 0 aliphatic heterocycles. The van der Waals surface area contributed by atoms with Gasteiger partial charge in [-0.3, -0.25) is 0 Å². The number of hydrogen-bond donors (Lipinski definition) is 0. The minimum absolute atomic E-state index is 0.0873. The summed E-state index contributed by atoms with van der Waals surface area (Å²) in [7, 11) is 0. The van der Waals surface area contributed by atoms with E-state index < -0.39 is 0 Å². The van der Waals surface area contributed by atoms with Gasteiger partial charge in [0.05, 0.1) is 0 Å². The first-order valence-electron chi connectivity index (χ1n) is 3.03. The predicted molar refractivity (Wildman–Crippen MR) is 38.6 cm³/mol.